The lowest BCUT2D eigenvalue weighted by Gasteiger charge is -2.37. The first kappa shape index (κ1) is 22.8. The van der Waals surface area contributed by atoms with Gasteiger partial charge in [0.25, 0.3) is 0 Å². The van der Waals surface area contributed by atoms with E-state index in [1.54, 1.807) is 27.9 Å². The van der Waals surface area contributed by atoms with E-state index in [4.69, 9.17) is 9.47 Å². The average Bonchev–Trinajstić information content (AvgIpc) is 2.69. The van der Waals surface area contributed by atoms with Gasteiger partial charge in [0.1, 0.15) is 11.4 Å². The van der Waals surface area contributed by atoms with Crippen molar-refractivity contribution in [1.29, 1.82) is 0 Å². The predicted molar refractivity (Wildman–Crippen MR) is 113 cm³/mol. The van der Waals surface area contributed by atoms with E-state index >= 15 is 0 Å². The molecule has 8 heteroatoms. The molecule has 0 aromatic heterocycles. The third-order valence-corrected chi connectivity index (χ3v) is 4.99. The first-order chi connectivity index (χ1) is 14.5. The van der Waals surface area contributed by atoms with Crippen molar-refractivity contribution in [3.05, 3.63) is 53.6 Å². The lowest BCUT2D eigenvalue weighted by atomic mass is 9.91. The standard InChI is InChI=1S/C23H27F3N2O3/c1-22(2,3)31-21(29)27-13-15-12-18-19(6-5-7-20(18)30-4)28(14-15)17-10-8-16(9-11-17)23(24,25)26/h5-11,15H,12-14H2,1-4H3,(H,27,29). The molecule has 5 nitrogen and oxygen atoms in total. The van der Waals surface area contributed by atoms with Crippen molar-refractivity contribution in [3.8, 4) is 5.75 Å². The van der Waals surface area contributed by atoms with Crippen molar-refractivity contribution in [3.63, 3.8) is 0 Å². The zero-order chi connectivity index (χ0) is 22.8. The molecule has 1 N–H and O–H groups in total. The maximum Gasteiger partial charge on any atom is 0.416 e. The molecule has 0 saturated carbocycles. The van der Waals surface area contributed by atoms with Gasteiger partial charge in [-0.1, -0.05) is 6.07 Å². The quantitative estimate of drug-likeness (QED) is 0.683. The van der Waals surface area contributed by atoms with Gasteiger partial charge in [0, 0.05) is 30.0 Å². The van der Waals surface area contributed by atoms with Crippen LogP contribution in [0.5, 0.6) is 5.75 Å². The highest BCUT2D eigenvalue weighted by Gasteiger charge is 2.32. The largest absolute Gasteiger partial charge is 0.496 e. The number of halogens is 3. The highest BCUT2D eigenvalue weighted by molar-refractivity contribution is 5.71. The molecule has 0 saturated heterocycles. The second-order valence-electron chi connectivity index (χ2n) is 8.57. The maximum atomic E-state index is 13.0. The molecule has 1 atom stereocenters. The fourth-order valence-corrected chi connectivity index (χ4v) is 3.67. The number of carbonyl (C=O) groups is 1. The Morgan fingerprint density at radius 2 is 1.81 bits per heavy atom. The summed E-state index contributed by atoms with van der Waals surface area (Å²) in [6.45, 7) is 6.27. The number of rotatable bonds is 4. The summed E-state index contributed by atoms with van der Waals surface area (Å²) in [7, 11) is 1.58. The molecule has 1 aliphatic rings. The topological polar surface area (TPSA) is 50.8 Å². The molecule has 1 unspecified atom stereocenters. The van der Waals surface area contributed by atoms with Crippen LogP contribution < -0.4 is 15.0 Å². The maximum absolute atomic E-state index is 13.0. The number of benzene rings is 2. The molecule has 1 heterocycles. The van der Waals surface area contributed by atoms with Gasteiger partial charge in [-0.2, -0.15) is 13.2 Å². The minimum absolute atomic E-state index is 0.0126. The first-order valence-corrected chi connectivity index (χ1v) is 10.1. The van der Waals surface area contributed by atoms with Crippen LogP contribution in [-0.4, -0.2) is 31.9 Å². The molecule has 1 aliphatic heterocycles. The van der Waals surface area contributed by atoms with Gasteiger partial charge in [0.05, 0.1) is 12.7 Å². The summed E-state index contributed by atoms with van der Waals surface area (Å²) in [5.41, 5.74) is 1.19. The third kappa shape index (κ3) is 5.62. The van der Waals surface area contributed by atoms with Crippen LogP contribution in [0.4, 0.5) is 29.3 Å². The number of hydrogen-bond donors (Lipinski definition) is 1. The molecule has 168 valence electrons. The zero-order valence-corrected chi connectivity index (χ0v) is 18.0. The van der Waals surface area contributed by atoms with Gasteiger partial charge in [-0.05, 0) is 69.5 Å². The summed E-state index contributed by atoms with van der Waals surface area (Å²) in [5.74, 6) is 0.718. The number of hydrogen-bond acceptors (Lipinski definition) is 4. The van der Waals surface area contributed by atoms with E-state index in [9.17, 15) is 18.0 Å². The van der Waals surface area contributed by atoms with Crippen LogP contribution in [0.2, 0.25) is 0 Å². The van der Waals surface area contributed by atoms with Gasteiger partial charge in [-0.15, -0.1) is 0 Å². The van der Waals surface area contributed by atoms with Crippen molar-refractivity contribution in [2.24, 2.45) is 5.92 Å². The minimum Gasteiger partial charge on any atom is -0.496 e. The summed E-state index contributed by atoms with van der Waals surface area (Å²) in [5, 5.41) is 2.80. The van der Waals surface area contributed by atoms with E-state index in [2.05, 4.69) is 5.32 Å². The second-order valence-corrected chi connectivity index (χ2v) is 8.57. The molecule has 31 heavy (non-hydrogen) atoms. The highest BCUT2D eigenvalue weighted by Crippen LogP contribution is 2.40. The molecule has 1 amide bonds. The van der Waals surface area contributed by atoms with Gasteiger partial charge in [0.15, 0.2) is 0 Å². The third-order valence-electron chi connectivity index (χ3n) is 4.99. The van der Waals surface area contributed by atoms with Crippen LogP contribution in [0.1, 0.15) is 31.9 Å². The predicted octanol–water partition coefficient (Wildman–Crippen LogP) is 5.55. The molecule has 0 aliphatic carbocycles. The van der Waals surface area contributed by atoms with E-state index in [-0.39, 0.29) is 5.92 Å². The molecule has 0 bridgehead atoms. The van der Waals surface area contributed by atoms with Crippen molar-refractivity contribution in [1.82, 2.24) is 5.32 Å². The van der Waals surface area contributed by atoms with Crippen molar-refractivity contribution < 1.29 is 27.4 Å². The number of fused-ring (bicyclic) bond motifs is 1. The Bertz CT molecular complexity index is 921. The number of nitrogens with one attached hydrogen (secondary N) is 1. The van der Waals surface area contributed by atoms with Gasteiger partial charge in [0.2, 0.25) is 0 Å². The van der Waals surface area contributed by atoms with Crippen LogP contribution in [0, 0.1) is 5.92 Å². The lowest BCUT2D eigenvalue weighted by molar-refractivity contribution is -0.137. The smallest absolute Gasteiger partial charge is 0.416 e. The Morgan fingerprint density at radius 3 is 2.39 bits per heavy atom. The number of nitrogens with zero attached hydrogens (tertiary/aromatic N) is 1. The Balaban J connectivity index is 1.86. The first-order valence-electron chi connectivity index (χ1n) is 10.1. The molecular weight excluding hydrogens is 409 g/mol. The van der Waals surface area contributed by atoms with E-state index in [0.717, 1.165) is 23.4 Å². The Kier molecular flexibility index (Phi) is 6.38. The molecule has 0 fully saturated rings. The van der Waals surface area contributed by atoms with Crippen LogP contribution in [0.15, 0.2) is 42.5 Å². The number of alkyl carbamates (subject to hydrolysis) is 1. The van der Waals surface area contributed by atoms with Crippen LogP contribution in [-0.2, 0) is 17.3 Å². The fraction of sp³-hybridized carbons (Fsp3) is 0.435. The molecule has 2 aromatic rings. The van der Waals surface area contributed by atoms with Crippen LogP contribution in [0.25, 0.3) is 0 Å². The fourth-order valence-electron chi connectivity index (χ4n) is 3.67. The number of anilines is 2. The van der Waals surface area contributed by atoms with Gasteiger partial charge < -0.3 is 19.7 Å². The number of alkyl halides is 3. The van der Waals surface area contributed by atoms with E-state index < -0.39 is 23.4 Å². The number of ether oxygens (including phenoxy) is 2. The van der Waals surface area contributed by atoms with Crippen LogP contribution >= 0.6 is 0 Å². The Morgan fingerprint density at radius 1 is 1.13 bits per heavy atom. The SMILES string of the molecule is COc1cccc2c1CC(CNC(=O)OC(C)(C)C)CN2c1ccc(C(F)(F)F)cc1. The Hall–Kier alpha value is -2.90. The van der Waals surface area contributed by atoms with E-state index in [1.807, 2.05) is 23.1 Å². The zero-order valence-electron chi connectivity index (χ0n) is 18.0. The molecule has 0 radical (unpaired) electrons. The molecule has 0 spiro atoms. The number of carbonyl (C=O) groups excluding carboxylic acids is 1. The monoisotopic (exact) mass is 436 g/mol. The normalized spacial score (nSPS) is 16.5. The number of amides is 1. The van der Waals surface area contributed by atoms with Crippen molar-refractivity contribution in [2.45, 2.75) is 39.0 Å². The van der Waals surface area contributed by atoms with E-state index in [0.29, 0.717) is 30.9 Å². The lowest BCUT2D eigenvalue weighted by Crippen LogP contribution is -2.41. The second kappa shape index (κ2) is 8.69. The Labute approximate surface area is 180 Å². The van der Waals surface area contributed by atoms with Gasteiger partial charge in [-0.3, -0.25) is 0 Å². The molecule has 3 rings (SSSR count). The van der Waals surface area contributed by atoms with Gasteiger partial charge in [-0.25, -0.2) is 4.79 Å². The van der Waals surface area contributed by atoms with Crippen molar-refractivity contribution in [2.75, 3.05) is 25.1 Å². The summed E-state index contributed by atoms with van der Waals surface area (Å²) in [4.78, 5) is 14.0. The number of methoxy groups -OCH3 is 1. The summed E-state index contributed by atoms with van der Waals surface area (Å²) >= 11 is 0. The summed E-state index contributed by atoms with van der Waals surface area (Å²) in [6.07, 6.45) is -4.23. The molecule has 2 aromatic carbocycles. The summed E-state index contributed by atoms with van der Waals surface area (Å²) < 4.78 is 49.7. The van der Waals surface area contributed by atoms with Crippen LogP contribution in [0.3, 0.4) is 0 Å². The molecular formula is C23H27F3N2O3. The minimum atomic E-state index is -4.39. The van der Waals surface area contributed by atoms with E-state index in [1.165, 1.54) is 12.1 Å². The van der Waals surface area contributed by atoms with Crippen molar-refractivity contribution >= 4 is 17.5 Å². The highest BCUT2D eigenvalue weighted by atomic mass is 19.4. The summed E-state index contributed by atoms with van der Waals surface area (Å²) in [6, 6.07) is 10.7. The van der Waals surface area contributed by atoms with Gasteiger partial charge >= 0.3 is 12.3 Å². The average molecular weight is 436 g/mol.